The monoisotopic (exact) mass is 491 g/mol. The number of hydrogen-bond donors (Lipinski definition) is 0. The van der Waals surface area contributed by atoms with Gasteiger partial charge in [0.05, 0.1) is 16.7 Å². The number of benzene rings is 1. The van der Waals surface area contributed by atoms with E-state index >= 15 is 0 Å². The number of nitrogens with zero attached hydrogens (tertiary/aromatic N) is 5. The molecule has 0 aliphatic carbocycles. The van der Waals surface area contributed by atoms with E-state index < -0.39 is 15.7 Å². The first-order valence-corrected chi connectivity index (χ1v) is 12.7. The molecule has 1 aromatic carbocycles. The molecule has 0 atom stereocenters. The Labute approximate surface area is 196 Å². The van der Waals surface area contributed by atoms with Gasteiger partial charge in [-0.05, 0) is 32.0 Å². The van der Waals surface area contributed by atoms with Crippen LogP contribution in [0.4, 0.5) is 9.18 Å². The van der Waals surface area contributed by atoms with E-state index in [2.05, 4.69) is 15.1 Å². The molecule has 0 radical (unpaired) electrons. The van der Waals surface area contributed by atoms with Crippen molar-refractivity contribution in [2.24, 2.45) is 7.05 Å². The molecule has 1 fully saturated rings. The van der Waals surface area contributed by atoms with Gasteiger partial charge in [-0.15, -0.1) is 0 Å². The largest absolute Gasteiger partial charge is 0.473 e. The Morgan fingerprint density at radius 3 is 2.50 bits per heavy atom. The molecule has 3 aromatic rings. The average Bonchev–Trinajstić information content (AvgIpc) is 3.10. The van der Waals surface area contributed by atoms with Crippen molar-refractivity contribution >= 4 is 27.0 Å². The summed E-state index contributed by atoms with van der Waals surface area (Å²) in [5.74, 6) is -0.433. The summed E-state index contributed by atoms with van der Waals surface area (Å²) in [5, 5.41) is 4.44. The molecular formula is C22H26FN5O5S. The number of likely N-dealkylation sites (tertiary alicyclic amines) is 1. The summed E-state index contributed by atoms with van der Waals surface area (Å²) in [6, 6.07) is 3.74. The van der Waals surface area contributed by atoms with Gasteiger partial charge in [-0.3, -0.25) is 4.68 Å². The second-order valence-corrected chi connectivity index (χ2v) is 10.5. The van der Waals surface area contributed by atoms with Crippen LogP contribution in [0.1, 0.15) is 26.7 Å². The highest BCUT2D eigenvalue weighted by Crippen LogP contribution is 2.33. The number of aryl methyl sites for hydroxylation is 1. The number of sulfone groups is 1. The molecule has 0 bridgehead atoms. The topological polar surface area (TPSA) is 117 Å². The van der Waals surface area contributed by atoms with Gasteiger partial charge in [0, 0.05) is 44.8 Å². The van der Waals surface area contributed by atoms with Crippen molar-refractivity contribution in [3.05, 3.63) is 30.3 Å². The maximum Gasteiger partial charge on any atom is 0.410 e. The molecule has 1 aliphatic heterocycles. The molecule has 10 nitrogen and oxygen atoms in total. The van der Waals surface area contributed by atoms with Crippen molar-refractivity contribution in [1.82, 2.24) is 24.6 Å². The zero-order valence-electron chi connectivity index (χ0n) is 19.4. The number of amides is 1. The lowest BCUT2D eigenvalue weighted by molar-refractivity contribution is 0.0510. The van der Waals surface area contributed by atoms with Crippen molar-refractivity contribution in [3.63, 3.8) is 0 Å². The molecule has 0 N–H and O–H groups in total. The van der Waals surface area contributed by atoms with Crippen LogP contribution in [0.15, 0.2) is 29.4 Å². The van der Waals surface area contributed by atoms with Gasteiger partial charge in [-0.1, -0.05) is 0 Å². The Morgan fingerprint density at radius 2 is 1.88 bits per heavy atom. The summed E-state index contributed by atoms with van der Waals surface area (Å²) >= 11 is 0. The molecular weight excluding hydrogens is 465 g/mol. The molecule has 34 heavy (non-hydrogen) atoms. The van der Waals surface area contributed by atoms with Crippen LogP contribution >= 0.6 is 0 Å². The Balaban J connectivity index is 1.57. The standard InChI is InChI=1S/C22H26FN5O5S/c1-13(2)32-22(29)28-9-7-14(8-10-28)33-21-19-18(24-12-25-21)20(27(3)26-19)16-6-5-15(11-17(16)23)34(4,30)31/h5-6,11-14H,7-10H2,1-4H3. The number of halogens is 1. The minimum atomic E-state index is -3.54. The SMILES string of the molecule is CC(C)OC(=O)N1CCC(Oc2ncnc3c(-c4ccc(S(C)(=O)=O)cc4F)n(C)nc23)CC1. The first-order valence-electron chi connectivity index (χ1n) is 10.8. The summed E-state index contributed by atoms with van der Waals surface area (Å²) in [6.45, 7) is 4.61. The fourth-order valence-corrected chi connectivity index (χ4v) is 4.51. The van der Waals surface area contributed by atoms with Crippen LogP contribution in [0.25, 0.3) is 22.3 Å². The molecule has 1 amide bonds. The summed E-state index contributed by atoms with van der Waals surface area (Å²) < 4.78 is 51.2. The summed E-state index contributed by atoms with van der Waals surface area (Å²) in [4.78, 5) is 22.1. The van der Waals surface area contributed by atoms with Crippen molar-refractivity contribution in [1.29, 1.82) is 0 Å². The molecule has 0 saturated carbocycles. The Bertz CT molecular complexity index is 1330. The van der Waals surface area contributed by atoms with Gasteiger partial charge in [-0.2, -0.15) is 10.1 Å². The van der Waals surface area contributed by atoms with Gasteiger partial charge < -0.3 is 14.4 Å². The molecule has 12 heteroatoms. The lowest BCUT2D eigenvalue weighted by Gasteiger charge is -2.31. The van der Waals surface area contributed by atoms with Gasteiger partial charge in [0.1, 0.15) is 23.8 Å². The lowest BCUT2D eigenvalue weighted by atomic mass is 10.1. The first kappa shape index (κ1) is 23.9. The minimum absolute atomic E-state index is 0.109. The van der Waals surface area contributed by atoms with E-state index in [1.165, 1.54) is 23.1 Å². The van der Waals surface area contributed by atoms with E-state index in [9.17, 15) is 17.6 Å². The van der Waals surface area contributed by atoms with Crippen LogP contribution in [0, 0.1) is 5.82 Å². The molecule has 0 spiro atoms. The van der Waals surface area contributed by atoms with Crippen molar-refractivity contribution in [3.8, 4) is 17.1 Å². The van der Waals surface area contributed by atoms with E-state index in [0.717, 1.165) is 12.3 Å². The number of ether oxygens (including phenoxy) is 2. The Kier molecular flexibility index (Phi) is 6.43. The summed E-state index contributed by atoms with van der Waals surface area (Å²) in [7, 11) is -1.90. The lowest BCUT2D eigenvalue weighted by Crippen LogP contribution is -2.42. The van der Waals surface area contributed by atoms with Gasteiger partial charge in [0.25, 0.3) is 0 Å². The predicted octanol–water partition coefficient (Wildman–Crippen LogP) is 2.96. The number of carbonyl (C=O) groups is 1. The summed E-state index contributed by atoms with van der Waals surface area (Å²) in [5.41, 5.74) is 1.30. The van der Waals surface area contributed by atoms with Crippen LogP contribution in [-0.4, -0.2) is 70.7 Å². The number of fused-ring (bicyclic) bond motifs is 1. The summed E-state index contributed by atoms with van der Waals surface area (Å²) in [6.07, 6.45) is 2.84. The van der Waals surface area contributed by atoms with E-state index in [1.807, 2.05) is 0 Å². The molecule has 2 aromatic heterocycles. The Hall–Kier alpha value is -3.28. The maximum atomic E-state index is 14.9. The first-order chi connectivity index (χ1) is 16.0. The fourth-order valence-electron chi connectivity index (χ4n) is 3.88. The van der Waals surface area contributed by atoms with Gasteiger partial charge >= 0.3 is 6.09 Å². The van der Waals surface area contributed by atoms with E-state index in [-0.39, 0.29) is 34.6 Å². The maximum absolute atomic E-state index is 14.9. The smallest absolute Gasteiger partial charge is 0.410 e. The highest BCUT2D eigenvalue weighted by molar-refractivity contribution is 7.90. The zero-order chi connectivity index (χ0) is 24.6. The normalized spacial score (nSPS) is 15.2. The molecule has 0 unspecified atom stereocenters. The van der Waals surface area contributed by atoms with Crippen LogP contribution in [0.2, 0.25) is 0 Å². The number of carbonyl (C=O) groups excluding carboxylic acids is 1. The van der Waals surface area contributed by atoms with Crippen LogP contribution in [0.3, 0.4) is 0 Å². The molecule has 4 rings (SSSR count). The van der Waals surface area contributed by atoms with Crippen LogP contribution in [-0.2, 0) is 21.6 Å². The van der Waals surface area contributed by atoms with Crippen molar-refractivity contribution < 1.29 is 27.1 Å². The molecule has 182 valence electrons. The fraction of sp³-hybridized carbons (Fsp3) is 0.455. The van der Waals surface area contributed by atoms with Gasteiger partial charge in [0.2, 0.25) is 5.88 Å². The average molecular weight is 492 g/mol. The molecule has 3 heterocycles. The van der Waals surface area contributed by atoms with E-state index in [0.29, 0.717) is 42.7 Å². The number of aromatic nitrogens is 4. The van der Waals surface area contributed by atoms with E-state index in [4.69, 9.17) is 9.47 Å². The van der Waals surface area contributed by atoms with Crippen LogP contribution in [0.5, 0.6) is 5.88 Å². The van der Waals surface area contributed by atoms with Crippen molar-refractivity contribution in [2.45, 2.75) is 43.8 Å². The van der Waals surface area contributed by atoms with Gasteiger partial charge in [-0.25, -0.2) is 22.6 Å². The molecule has 1 aliphatic rings. The third kappa shape index (κ3) is 4.81. The quantitative estimate of drug-likeness (QED) is 0.535. The molecule has 1 saturated heterocycles. The highest BCUT2D eigenvalue weighted by atomic mass is 32.2. The third-order valence-electron chi connectivity index (χ3n) is 5.53. The minimum Gasteiger partial charge on any atom is -0.473 e. The highest BCUT2D eigenvalue weighted by Gasteiger charge is 2.27. The predicted molar refractivity (Wildman–Crippen MR) is 122 cm³/mol. The number of piperidine rings is 1. The third-order valence-corrected chi connectivity index (χ3v) is 6.64. The second kappa shape index (κ2) is 9.16. The Morgan fingerprint density at radius 1 is 1.18 bits per heavy atom. The zero-order valence-corrected chi connectivity index (χ0v) is 20.2. The second-order valence-electron chi connectivity index (χ2n) is 8.50. The number of hydrogen-bond acceptors (Lipinski definition) is 8. The van der Waals surface area contributed by atoms with Gasteiger partial charge in [0.15, 0.2) is 15.4 Å². The van der Waals surface area contributed by atoms with Crippen LogP contribution < -0.4 is 4.74 Å². The van der Waals surface area contributed by atoms with E-state index in [1.54, 1.807) is 25.8 Å². The van der Waals surface area contributed by atoms with Crippen molar-refractivity contribution in [2.75, 3.05) is 19.3 Å². The number of rotatable bonds is 5.